The van der Waals surface area contributed by atoms with Crippen LogP contribution in [-0.2, 0) is 16.1 Å². The van der Waals surface area contributed by atoms with Crippen LogP contribution in [0.2, 0.25) is 0 Å². The lowest BCUT2D eigenvalue weighted by Gasteiger charge is -2.24. The third kappa shape index (κ3) is 3.97. The quantitative estimate of drug-likeness (QED) is 0.360. The van der Waals surface area contributed by atoms with Gasteiger partial charge in [-0.2, -0.15) is 0 Å². The summed E-state index contributed by atoms with van der Waals surface area (Å²) in [6, 6.07) is 17.1. The second-order valence-electron chi connectivity index (χ2n) is 7.37. The number of aliphatic hydroxyl groups is 1. The highest BCUT2D eigenvalue weighted by Crippen LogP contribution is 2.40. The summed E-state index contributed by atoms with van der Waals surface area (Å²) in [5.41, 5.74) is 2.27. The van der Waals surface area contributed by atoms with Crippen molar-refractivity contribution in [3.8, 4) is 5.75 Å². The van der Waals surface area contributed by atoms with Gasteiger partial charge in [-0.25, -0.2) is 0 Å². The molecule has 4 rings (SSSR count). The van der Waals surface area contributed by atoms with Gasteiger partial charge in [0, 0.05) is 5.56 Å². The molecule has 31 heavy (non-hydrogen) atoms. The van der Waals surface area contributed by atoms with E-state index in [1.807, 2.05) is 26.0 Å². The molecule has 1 amide bonds. The van der Waals surface area contributed by atoms with E-state index in [4.69, 9.17) is 9.15 Å². The molecular formula is C25H23NO5. The lowest BCUT2D eigenvalue weighted by molar-refractivity contribution is -0.140. The first-order valence-electron chi connectivity index (χ1n) is 10.1. The number of amides is 1. The monoisotopic (exact) mass is 417 g/mol. The van der Waals surface area contributed by atoms with Crippen molar-refractivity contribution in [2.45, 2.75) is 26.4 Å². The van der Waals surface area contributed by atoms with Crippen molar-refractivity contribution < 1.29 is 23.8 Å². The van der Waals surface area contributed by atoms with Gasteiger partial charge in [0.05, 0.1) is 31.0 Å². The molecule has 0 bridgehead atoms. The number of carbonyl (C=O) groups excluding carboxylic acids is 2. The van der Waals surface area contributed by atoms with Crippen LogP contribution < -0.4 is 4.74 Å². The summed E-state index contributed by atoms with van der Waals surface area (Å²) in [4.78, 5) is 27.4. The Morgan fingerprint density at radius 1 is 1.06 bits per heavy atom. The molecule has 1 atom stereocenters. The first-order valence-corrected chi connectivity index (χ1v) is 10.1. The fourth-order valence-corrected chi connectivity index (χ4v) is 3.74. The molecule has 3 aromatic rings. The second kappa shape index (κ2) is 8.52. The fraction of sp³-hybridized carbons (Fsp3) is 0.200. The molecule has 1 aromatic heterocycles. The van der Waals surface area contributed by atoms with Crippen molar-refractivity contribution in [2.75, 3.05) is 6.61 Å². The molecule has 0 aliphatic carbocycles. The topological polar surface area (TPSA) is 80.0 Å². The summed E-state index contributed by atoms with van der Waals surface area (Å²) in [5, 5.41) is 11.0. The normalized spacial score (nSPS) is 17.9. The zero-order valence-corrected chi connectivity index (χ0v) is 17.4. The smallest absolute Gasteiger partial charge is 0.296 e. The van der Waals surface area contributed by atoms with Crippen LogP contribution in [0.15, 0.2) is 76.9 Å². The molecule has 6 heteroatoms. The van der Waals surface area contributed by atoms with Crippen molar-refractivity contribution in [1.82, 2.24) is 4.90 Å². The van der Waals surface area contributed by atoms with Crippen molar-refractivity contribution in [1.29, 1.82) is 0 Å². The molecule has 0 unspecified atom stereocenters. The summed E-state index contributed by atoms with van der Waals surface area (Å²) >= 11 is 0. The number of aliphatic hydroxyl groups excluding tert-OH is 1. The van der Waals surface area contributed by atoms with E-state index in [1.54, 1.807) is 48.5 Å². The van der Waals surface area contributed by atoms with E-state index >= 15 is 0 Å². The molecular weight excluding hydrogens is 394 g/mol. The lowest BCUT2D eigenvalue weighted by atomic mass is 9.95. The van der Waals surface area contributed by atoms with Crippen LogP contribution in [-0.4, -0.2) is 28.3 Å². The summed E-state index contributed by atoms with van der Waals surface area (Å²) in [6.45, 7) is 4.48. The number of ketones is 1. The van der Waals surface area contributed by atoms with Gasteiger partial charge in [0.1, 0.15) is 17.3 Å². The standard InChI is InChI=1S/C25H23NO5/c1-3-30-19-12-10-17(11-13-19)22-21(23(27)18-8-6-16(2)7-9-18)24(28)25(29)26(22)15-20-5-4-14-31-20/h4-14,22,27H,3,15H2,1-2H3/t22-/m1/s1. The van der Waals surface area contributed by atoms with E-state index in [0.717, 1.165) is 5.56 Å². The molecule has 2 heterocycles. The predicted octanol–water partition coefficient (Wildman–Crippen LogP) is 4.61. The van der Waals surface area contributed by atoms with E-state index in [9.17, 15) is 14.7 Å². The van der Waals surface area contributed by atoms with Crippen LogP contribution in [0.3, 0.4) is 0 Å². The zero-order valence-electron chi connectivity index (χ0n) is 17.4. The highest BCUT2D eigenvalue weighted by molar-refractivity contribution is 6.46. The van der Waals surface area contributed by atoms with Gasteiger partial charge in [0.15, 0.2) is 0 Å². The Labute approximate surface area is 180 Å². The number of nitrogens with zero attached hydrogens (tertiary/aromatic N) is 1. The minimum atomic E-state index is -0.748. The van der Waals surface area contributed by atoms with E-state index in [2.05, 4.69) is 0 Å². The molecule has 1 aliphatic rings. The Morgan fingerprint density at radius 2 is 1.77 bits per heavy atom. The molecule has 158 valence electrons. The number of hydrogen-bond acceptors (Lipinski definition) is 5. The van der Waals surface area contributed by atoms with Gasteiger partial charge >= 0.3 is 0 Å². The minimum absolute atomic E-state index is 0.0598. The Bertz CT molecular complexity index is 1110. The van der Waals surface area contributed by atoms with Gasteiger partial charge in [-0.1, -0.05) is 42.0 Å². The first kappa shape index (κ1) is 20.5. The Morgan fingerprint density at radius 3 is 2.39 bits per heavy atom. The summed E-state index contributed by atoms with van der Waals surface area (Å²) in [7, 11) is 0. The van der Waals surface area contributed by atoms with Gasteiger partial charge in [0.2, 0.25) is 0 Å². The average Bonchev–Trinajstić information content (AvgIpc) is 3.37. The molecule has 0 radical (unpaired) electrons. The molecule has 2 aromatic carbocycles. The van der Waals surface area contributed by atoms with E-state index in [0.29, 0.717) is 29.2 Å². The van der Waals surface area contributed by atoms with Crippen LogP contribution in [0, 0.1) is 6.92 Å². The maximum absolute atomic E-state index is 13.0. The lowest BCUT2D eigenvalue weighted by Crippen LogP contribution is -2.29. The summed E-state index contributed by atoms with van der Waals surface area (Å²) in [6.07, 6.45) is 1.52. The molecule has 0 saturated carbocycles. The Balaban J connectivity index is 1.82. The van der Waals surface area contributed by atoms with Crippen molar-refractivity contribution >= 4 is 17.4 Å². The number of benzene rings is 2. The van der Waals surface area contributed by atoms with Gasteiger partial charge < -0.3 is 19.2 Å². The van der Waals surface area contributed by atoms with Crippen LogP contribution in [0.1, 0.15) is 35.4 Å². The van der Waals surface area contributed by atoms with Crippen LogP contribution in [0.4, 0.5) is 0 Å². The number of rotatable bonds is 6. The molecule has 6 nitrogen and oxygen atoms in total. The van der Waals surface area contributed by atoms with Crippen LogP contribution in [0.5, 0.6) is 5.75 Å². The first-order chi connectivity index (χ1) is 15.0. The minimum Gasteiger partial charge on any atom is -0.507 e. The average molecular weight is 417 g/mol. The van der Waals surface area contributed by atoms with Gasteiger partial charge in [-0.05, 0) is 43.7 Å². The van der Waals surface area contributed by atoms with Crippen molar-refractivity contribution in [2.24, 2.45) is 0 Å². The molecule has 1 fully saturated rings. The molecule has 1 N–H and O–H groups in total. The maximum Gasteiger partial charge on any atom is 0.296 e. The summed E-state index contributed by atoms with van der Waals surface area (Å²) in [5.74, 6) is -0.354. The SMILES string of the molecule is CCOc1ccc([C@@H]2C(=C(O)c3ccc(C)cc3)C(=O)C(=O)N2Cc2ccco2)cc1. The number of Topliss-reactive ketones (excluding diaryl/α,β-unsaturated/α-hetero) is 1. The third-order valence-corrected chi connectivity index (χ3v) is 5.28. The van der Waals surface area contributed by atoms with Gasteiger partial charge in [0.25, 0.3) is 11.7 Å². The van der Waals surface area contributed by atoms with Gasteiger partial charge in [-0.15, -0.1) is 0 Å². The number of likely N-dealkylation sites (tertiary alicyclic amines) is 1. The number of ether oxygens (including phenoxy) is 1. The van der Waals surface area contributed by atoms with E-state index in [1.165, 1.54) is 11.2 Å². The van der Waals surface area contributed by atoms with E-state index < -0.39 is 17.7 Å². The fourth-order valence-electron chi connectivity index (χ4n) is 3.74. The highest BCUT2D eigenvalue weighted by atomic mass is 16.5. The number of hydrogen-bond donors (Lipinski definition) is 1. The number of furan rings is 1. The summed E-state index contributed by atoms with van der Waals surface area (Å²) < 4.78 is 10.9. The Hall–Kier alpha value is -3.80. The maximum atomic E-state index is 13.0. The van der Waals surface area contributed by atoms with Crippen molar-refractivity contribution in [3.05, 3.63) is 95.0 Å². The largest absolute Gasteiger partial charge is 0.507 e. The second-order valence-corrected chi connectivity index (χ2v) is 7.37. The molecule has 1 saturated heterocycles. The Kier molecular flexibility index (Phi) is 5.62. The van der Waals surface area contributed by atoms with Crippen LogP contribution in [0.25, 0.3) is 5.76 Å². The number of aryl methyl sites for hydroxylation is 1. The third-order valence-electron chi connectivity index (χ3n) is 5.28. The zero-order chi connectivity index (χ0) is 22.0. The molecule has 1 aliphatic heterocycles. The van der Waals surface area contributed by atoms with Crippen molar-refractivity contribution in [3.63, 3.8) is 0 Å². The molecule has 0 spiro atoms. The predicted molar refractivity (Wildman–Crippen MR) is 115 cm³/mol. The highest BCUT2D eigenvalue weighted by Gasteiger charge is 2.46. The van der Waals surface area contributed by atoms with Crippen LogP contribution >= 0.6 is 0 Å². The number of carbonyl (C=O) groups is 2. The van der Waals surface area contributed by atoms with E-state index in [-0.39, 0.29) is 17.9 Å². The van der Waals surface area contributed by atoms with Gasteiger partial charge in [-0.3, -0.25) is 9.59 Å².